The van der Waals surface area contributed by atoms with E-state index in [4.69, 9.17) is 4.74 Å². The molecule has 0 aliphatic heterocycles. The Morgan fingerprint density at radius 2 is 1.86 bits per heavy atom. The van der Waals surface area contributed by atoms with Crippen LogP contribution in [0.1, 0.15) is 26.3 Å². The molecule has 0 fully saturated rings. The second-order valence-electron chi connectivity index (χ2n) is 3.59. The molecule has 0 heterocycles. The van der Waals surface area contributed by atoms with Crippen molar-refractivity contribution in [1.82, 2.24) is 0 Å². The van der Waals surface area contributed by atoms with E-state index >= 15 is 0 Å². The van der Waals surface area contributed by atoms with Crippen molar-refractivity contribution < 1.29 is 4.74 Å². The maximum absolute atomic E-state index is 5.51. The smallest absolute Gasteiger partial charge is 0.0720 e. The van der Waals surface area contributed by atoms with Crippen LogP contribution in [0.2, 0.25) is 0 Å². The molecule has 0 atom stereocenters. The van der Waals surface area contributed by atoms with Gasteiger partial charge in [-0.2, -0.15) is 0 Å². The molecule has 1 aromatic rings. The van der Waals surface area contributed by atoms with Gasteiger partial charge in [0, 0.05) is 12.2 Å². The average molecular weight is 193 g/mol. The molecule has 0 radical (unpaired) electrons. The maximum atomic E-state index is 5.51. The van der Waals surface area contributed by atoms with Gasteiger partial charge in [0.1, 0.15) is 0 Å². The van der Waals surface area contributed by atoms with E-state index in [1.165, 1.54) is 11.3 Å². The molecule has 1 rings (SSSR count). The first-order valence-corrected chi connectivity index (χ1v) is 5.16. The van der Waals surface area contributed by atoms with E-state index in [-0.39, 0.29) is 0 Å². The van der Waals surface area contributed by atoms with E-state index < -0.39 is 0 Å². The van der Waals surface area contributed by atoms with Gasteiger partial charge in [-0.3, -0.25) is 0 Å². The molecule has 0 aliphatic rings. The molecule has 0 saturated heterocycles. The van der Waals surface area contributed by atoms with Gasteiger partial charge < -0.3 is 10.1 Å². The summed E-state index contributed by atoms with van der Waals surface area (Å²) in [5.41, 5.74) is 2.39. The summed E-state index contributed by atoms with van der Waals surface area (Å²) in [6.45, 7) is 7.85. The predicted molar refractivity (Wildman–Crippen MR) is 60.5 cm³/mol. The van der Waals surface area contributed by atoms with Crippen molar-refractivity contribution in [3.8, 4) is 0 Å². The average Bonchev–Trinajstić information content (AvgIpc) is 2.17. The standard InChI is InChI=1S/C12H19NO/c1-4-13-12-7-5-11(6-8-12)9-14-10(2)3/h5-8,10,13H,4,9H2,1-3H3. The van der Waals surface area contributed by atoms with Crippen molar-refractivity contribution >= 4 is 5.69 Å². The molecule has 0 bridgehead atoms. The number of nitrogens with one attached hydrogen (secondary N) is 1. The van der Waals surface area contributed by atoms with Gasteiger partial charge in [-0.25, -0.2) is 0 Å². The Labute approximate surface area is 86.3 Å². The predicted octanol–water partition coefficient (Wildman–Crippen LogP) is 3.04. The molecule has 0 aromatic heterocycles. The zero-order valence-electron chi connectivity index (χ0n) is 9.21. The molecule has 0 unspecified atom stereocenters. The summed E-state index contributed by atoms with van der Waals surface area (Å²) in [5, 5.41) is 3.26. The summed E-state index contributed by atoms with van der Waals surface area (Å²) in [4.78, 5) is 0. The van der Waals surface area contributed by atoms with E-state index in [0.717, 1.165) is 6.54 Å². The zero-order chi connectivity index (χ0) is 10.4. The molecule has 2 heteroatoms. The highest BCUT2D eigenvalue weighted by Gasteiger charge is 1.96. The highest BCUT2D eigenvalue weighted by molar-refractivity contribution is 5.44. The Morgan fingerprint density at radius 1 is 1.21 bits per heavy atom. The van der Waals surface area contributed by atoms with E-state index in [1.54, 1.807) is 0 Å². The van der Waals surface area contributed by atoms with Gasteiger partial charge in [-0.15, -0.1) is 0 Å². The SMILES string of the molecule is CCNc1ccc(COC(C)C)cc1. The normalized spacial score (nSPS) is 10.6. The molecule has 0 aliphatic carbocycles. The highest BCUT2D eigenvalue weighted by atomic mass is 16.5. The fourth-order valence-electron chi connectivity index (χ4n) is 1.19. The van der Waals surface area contributed by atoms with E-state index in [9.17, 15) is 0 Å². The summed E-state index contributed by atoms with van der Waals surface area (Å²) in [5.74, 6) is 0. The number of anilines is 1. The number of hydrogen-bond acceptors (Lipinski definition) is 2. The monoisotopic (exact) mass is 193 g/mol. The topological polar surface area (TPSA) is 21.3 Å². The maximum Gasteiger partial charge on any atom is 0.0720 e. The Hall–Kier alpha value is -1.02. The molecule has 1 aromatic carbocycles. The number of hydrogen-bond donors (Lipinski definition) is 1. The van der Waals surface area contributed by atoms with Gasteiger partial charge in [-0.1, -0.05) is 12.1 Å². The van der Waals surface area contributed by atoms with Crippen molar-refractivity contribution in [2.24, 2.45) is 0 Å². The van der Waals surface area contributed by atoms with Crippen LogP contribution < -0.4 is 5.32 Å². The third kappa shape index (κ3) is 3.79. The lowest BCUT2D eigenvalue weighted by Gasteiger charge is -2.08. The minimum Gasteiger partial charge on any atom is -0.385 e. The van der Waals surface area contributed by atoms with Crippen molar-refractivity contribution in [1.29, 1.82) is 0 Å². The van der Waals surface area contributed by atoms with E-state index in [2.05, 4.69) is 36.5 Å². The summed E-state index contributed by atoms with van der Waals surface area (Å²) in [6.07, 6.45) is 0.295. The Balaban J connectivity index is 2.46. The highest BCUT2D eigenvalue weighted by Crippen LogP contribution is 2.10. The van der Waals surface area contributed by atoms with Gasteiger partial charge in [-0.05, 0) is 38.5 Å². The molecule has 0 saturated carbocycles. The van der Waals surface area contributed by atoms with Crippen LogP contribution in [-0.4, -0.2) is 12.6 Å². The van der Waals surface area contributed by atoms with Crippen molar-refractivity contribution in [2.45, 2.75) is 33.5 Å². The van der Waals surface area contributed by atoms with Crippen LogP contribution in [0.3, 0.4) is 0 Å². The Morgan fingerprint density at radius 3 is 2.36 bits per heavy atom. The largest absolute Gasteiger partial charge is 0.385 e. The Kier molecular flexibility index (Phi) is 4.47. The fourth-order valence-corrected chi connectivity index (χ4v) is 1.19. The second kappa shape index (κ2) is 5.66. The fraction of sp³-hybridized carbons (Fsp3) is 0.500. The zero-order valence-corrected chi connectivity index (χ0v) is 9.21. The second-order valence-corrected chi connectivity index (χ2v) is 3.59. The molecular weight excluding hydrogens is 174 g/mol. The van der Waals surface area contributed by atoms with Gasteiger partial charge in [0.05, 0.1) is 12.7 Å². The van der Waals surface area contributed by atoms with Crippen LogP contribution in [0, 0.1) is 0 Å². The van der Waals surface area contributed by atoms with Gasteiger partial charge in [0.2, 0.25) is 0 Å². The van der Waals surface area contributed by atoms with Crippen molar-refractivity contribution in [3.05, 3.63) is 29.8 Å². The van der Waals surface area contributed by atoms with Crippen LogP contribution in [-0.2, 0) is 11.3 Å². The number of ether oxygens (including phenoxy) is 1. The van der Waals surface area contributed by atoms with Crippen LogP contribution in [0.4, 0.5) is 5.69 Å². The number of rotatable bonds is 5. The first-order chi connectivity index (χ1) is 6.72. The third-order valence-corrected chi connectivity index (χ3v) is 1.92. The van der Waals surface area contributed by atoms with Crippen LogP contribution >= 0.6 is 0 Å². The van der Waals surface area contributed by atoms with E-state index in [0.29, 0.717) is 12.7 Å². The van der Waals surface area contributed by atoms with Crippen LogP contribution in [0.15, 0.2) is 24.3 Å². The lowest BCUT2D eigenvalue weighted by atomic mass is 10.2. The Bertz CT molecular complexity index is 254. The van der Waals surface area contributed by atoms with Gasteiger partial charge in [0.15, 0.2) is 0 Å². The molecular formula is C12H19NO. The van der Waals surface area contributed by atoms with Crippen molar-refractivity contribution in [2.75, 3.05) is 11.9 Å². The summed E-state index contributed by atoms with van der Waals surface area (Å²) in [7, 11) is 0. The summed E-state index contributed by atoms with van der Waals surface area (Å²) in [6, 6.07) is 8.37. The molecule has 0 amide bonds. The first-order valence-electron chi connectivity index (χ1n) is 5.16. The minimum atomic E-state index is 0.295. The van der Waals surface area contributed by atoms with Gasteiger partial charge in [0.25, 0.3) is 0 Å². The summed E-state index contributed by atoms with van der Waals surface area (Å²) >= 11 is 0. The molecule has 14 heavy (non-hydrogen) atoms. The molecule has 2 nitrogen and oxygen atoms in total. The van der Waals surface area contributed by atoms with Crippen LogP contribution in [0.5, 0.6) is 0 Å². The first kappa shape index (κ1) is 11.1. The molecule has 1 N–H and O–H groups in total. The lowest BCUT2D eigenvalue weighted by Crippen LogP contribution is -2.02. The lowest BCUT2D eigenvalue weighted by molar-refractivity contribution is 0.0657. The van der Waals surface area contributed by atoms with Crippen LogP contribution in [0.25, 0.3) is 0 Å². The summed E-state index contributed by atoms with van der Waals surface area (Å²) < 4.78 is 5.51. The quantitative estimate of drug-likeness (QED) is 0.776. The van der Waals surface area contributed by atoms with Gasteiger partial charge >= 0.3 is 0 Å². The molecule has 0 spiro atoms. The minimum absolute atomic E-state index is 0.295. The van der Waals surface area contributed by atoms with E-state index in [1.807, 2.05) is 13.8 Å². The van der Waals surface area contributed by atoms with Crippen molar-refractivity contribution in [3.63, 3.8) is 0 Å². The third-order valence-electron chi connectivity index (χ3n) is 1.92. The number of benzene rings is 1. The molecule has 78 valence electrons.